The molecule has 0 atom stereocenters. The number of carbonyl (C=O) groups excluding carboxylic acids is 1. The molecule has 0 amide bonds. The molecule has 1 fully saturated rings. The van der Waals surface area contributed by atoms with Crippen molar-refractivity contribution in [2.24, 2.45) is 0 Å². The van der Waals surface area contributed by atoms with E-state index in [-0.39, 0.29) is 13.0 Å². The van der Waals surface area contributed by atoms with Crippen molar-refractivity contribution in [3.63, 3.8) is 0 Å². The normalized spacial score (nSPS) is 19.1. The van der Waals surface area contributed by atoms with Crippen LogP contribution in [0.4, 0.5) is 5.69 Å². The van der Waals surface area contributed by atoms with Crippen LogP contribution in [0.3, 0.4) is 0 Å². The Morgan fingerprint density at radius 1 is 1.28 bits per heavy atom. The Morgan fingerprint density at radius 2 is 2.00 bits per heavy atom. The molecule has 1 saturated heterocycles. The van der Waals surface area contributed by atoms with Crippen LogP contribution >= 0.6 is 11.6 Å². The average Bonchev–Trinajstić information content (AvgIpc) is 2.63. The summed E-state index contributed by atoms with van der Waals surface area (Å²) < 4.78 is 27.0. The molecule has 0 radical (unpaired) electrons. The molecule has 1 aliphatic rings. The van der Waals surface area contributed by atoms with Crippen molar-refractivity contribution >= 4 is 33.8 Å². The van der Waals surface area contributed by atoms with Gasteiger partial charge >= 0.3 is 10.2 Å². The lowest BCUT2D eigenvalue weighted by Gasteiger charge is -2.20. The number of carbonyl (C=O) groups is 1. The summed E-state index contributed by atoms with van der Waals surface area (Å²) in [5, 5.41) is 0.401. The topological polar surface area (TPSA) is 57.7 Å². The minimum atomic E-state index is -3.55. The van der Waals surface area contributed by atoms with Gasteiger partial charge in [-0.3, -0.25) is 4.31 Å². The van der Waals surface area contributed by atoms with E-state index >= 15 is 0 Å². The van der Waals surface area contributed by atoms with E-state index in [0.29, 0.717) is 30.1 Å². The van der Waals surface area contributed by atoms with Crippen molar-refractivity contribution in [2.45, 2.75) is 6.42 Å². The molecular formula is C11H13ClN2O3S. The number of hydrogen-bond acceptors (Lipinski definition) is 3. The molecule has 0 unspecified atom stereocenters. The lowest BCUT2D eigenvalue weighted by molar-refractivity contribution is -0.107. The monoisotopic (exact) mass is 288 g/mol. The summed E-state index contributed by atoms with van der Waals surface area (Å²) >= 11 is 6.00. The van der Waals surface area contributed by atoms with Crippen molar-refractivity contribution in [1.29, 1.82) is 0 Å². The van der Waals surface area contributed by atoms with Crippen molar-refractivity contribution in [1.82, 2.24) is 4.31 Å². The number of nitrogens with zero attached hydrogens (tertiary/aromatic N) is 2. The number of hydrogen-bond donors (Lipinski definition) is 0. The van der Waals surface area contributed by atoms with Gasteiger partial charge in [0.15, 0.2) is 0 Å². The van der Waals surface area contributed by atoms with Gasteiger partial charge in [-0.25, -0.2) is 0 Å². The molecule has 0 spiro atoms. The van der Waals surface area contributed by atoms with Crippen LogP contribution in [-0.2, 0) is 15.0 Å². The molecule has 5 nitrogen and oxygen atoms in total. The molecule has 0 saturated carbocycles. The molecule has 0 N–H and O–H groups in total. The summed E-state index contributed by atoms with van der Waals surface area (Å²) in [5.74, 6) is 0. The van der Waals surface area contributed by atoms with E-state index in [4.69, 9.17) is 11.6 Å². The van der Waals surface area contributed by atoms with Gasteiger partial charge in [0.1, 0.15) is 6.29 Å². The highest BCUT2D eigenvalue weighted by atomic mass is 35.5. The van der Waals surface area contributed by atoms with Gasteiger partial charge in [-0.15, -0.1) is 0 Å². The molecule has 1 aliphatic heterocycles. The van der Waals surface area contributed by atoms with Gasteiger partial charge in [-0.1, -0.05) is 23.7 Å². The van der Waals surface area contributed by atoms with Crippen LogP contribution in [0.2, 0.25) is 5.02 Å². The third-order valence-electron chi connectivity index (χ3n) is 2.77. The number of para-hydroxylation sites is 1. The Hall–Kier alpha value is -1.11. The molecule has 1 aromatic rings. The van der Waals surface area contributed by atoms with Gasteiger partial charge in [0.2, 0.25) is 0 Å². The van der Waals surface area contributed by atoms with E-state index in [0.717, 1.165) is 0 Å². The Morgan fingerprint density at radius 3 is 2.67 bits per heavy atom. The predicted octanol–water partition coefficient (Wildman–Crippen LogP) is 1.30. The van der Waals surface area contributed by atoms with E-state index in [1.165, 1.54) is 8.61 Å². The highest BCUT2D eigenvalue weighted by Gasteiger charge is 2.36. The van der Waals surface area contributed by atoms with Crippen LogP contribution in [0.5, 0.6) is 0 Å². The van der Waals surface area contributed by atoms with Crippen LogP contribution in [-0.4, -0.2) is 38.6 Å². The van der Waals surface area contributed by atoms with Crippen LogP contribution in [0.1, 0.15) is 6.42 Å². The molecule has 2 rings (SSSR count). The Labute approximate surface area is 111 Å². The summed E-state index contributed by atoms with van der Waals surface area (Å²) in [4.78, 5) is 10.3. The van der Waals surface area contributed by atoms with Crippen molar-refractivity contribution in [3.05, 3.63) is 29.3 Å². The number of halogens is 1. The highest BCUT2D eigenvalue weighted by Crippen LogP contribution is 2.31. The molecule has 0 aliphatic carbocycles. The van der Waals surface area contributed by atoms with Crippen LogP contribution in [0.25, 0.3) is 0 Å². The summed E-state index contributed by atoms with van der Waals surface area (Å²) in [7, 11) is -3.55. The Bertz CT molecular complexity index is 547. The van der Waals surface area contributed by atoms with E-state index < -0.39 is 10.2 Å². The molecule has 98 valence electrons. The van der Waals surface area contributed by atoms with Crippen molar-refractivity contribution in [2.75, 3.05) is 23.9 Å². The largest absolute Gasteiger partial charge is 0.304 e. The fourth-order valence-electron chi connectivity index (χ4n) is 1.90. The van der Waals surface area contributed by atoms with E-state index in [2.05, 4.69) is 0 Å². The zero-order chi connectivity index (χ0) is 13.2. The Kier molecular flexibility index (Phi) is 3.89. The fourth-order valence-corrected chi connectivity index (χ4v) is 3.83. The van der Waals surface area contributed by atoms with Crippen molar-refractivity contribution in [3.8, 4) is 0 Å². The van der Waals surface area contributed by atoms with Crippen LogP contribution in [0, 0.1) is 0 Å². The van der Waals surface area contributed by atoms with Gasteiger partial charge in [0, 0.05) is 26.1 Å². The van der Waals surface area contributed by atoms with Crippen LogP contribution in [0.15, 0.2) is 24.3 Å². The summed E-state index contributed by atoms with van der Waals surface area (Å²) in [6.45, 7) is 0.944. The van der Waals surface area contributed by atoms with Gasteiger partial charge in [0.25, 0.3) is 0 Å². The number of aldehydes is 1. The highest BCUT2D eigenvalue weighted by molar-refractivity contribution is 7.90. The lowest BCUT2D eigenvalue weighted by atomic mass is 10.3. The van der Waals surface area contributed by atoms with Gasteiger partial charge in [-0.05, 0) is 12.1 Å². The zero-order valence-electron chi connectivity index (χ0n) is 9.62. The number of anilines is 1. The average molecular weight is 289 g/mol. The maximum absolute atomic E-state index is 12.2. The van der Waals surface area contributed by atoms with Crippen LogP contribution < -0.4 is 4.31 Å². The minimum absolute atomic E-state index is 0.204. The van der Waals surface area contributed by atoms with Gasteiger partial charge in [-0.2, -0.15) is 12.7 Å². The van der Waals surface area contributed by atoms with Gasteiger partial charge < -0.3 is 4.79 Å². The minimum Gasteiger partial charge on any atom is -0.303 e. The van der Waals surface area contributed by atoms with Crippen molar-refractivity contribution < 1.29 is 13.2 Å². The second-order valence-electron chi connectivity index (χ2n) is 3.89. The molecule has 18 heavy (non-hydrogen) atoms. The first-order chi connectivity index (χ1) is 8.57. The summed E-state index contributed by atoms with van der Waals surface area (Å²) in [6.07, 6.45) is 0.920. The zero-order valence-corrected chi connectivity index (χ0v) is 11.2. The second kappa shape index (κ2) is 5.26. The molecule has 1 aromatic carbocycles. The third kappa shape index (κ3) is 2.36. The first-order valence-corrected chi connectivity index (χ1v) is 7.31. The summed E-state index contributed by atoms with van der Waals surface area (Å²) in [6, 6.07) is 6.81. The maximum Gasteiger partial charge on any atom is 0.304 e. The molecule has 0 aromatic heterocycles. The van der Waals surface area contributed by atoms with Gasteiger partial charge in [0.05, 0.1) is 10.7 Å². The first-order valence-electron chi connectivity index (χ1n) is 5.53. The standard InChI is InChI=1S/C11H13ClN2O3S/c12-10-4-1-2-5-11(10)14-8-7-13(6-3-9-15)18(14,16)17/h1-2,4-5,9H,3,6-8H2. The smallest absolute Gasteiger partial charge is 0.303 e. The summed E-state index contributed by atoms with van der Waals surface area (Å²) in [5.41, 5.74) is 0.479. The fraction of sp³-hybridized carbons (Fsp3) is 0.364. The number of rotatable bonds is 4. The molecular weight excluding hydrogens is 276 g/mol. The second-order valence-corrected chi connectivity index (χ2v) is 6.15. The first kappa shape index (κ1) is 13.3. The van der Waals surface area contributed by atoms with E-state index in [1.54, 1.807) is 24.3 Å². The Balaban J connectivity index is 2.27. The predicted molar refractivity (Wildman–Crippen MR) is 70.0 cm³/mol. The van der Waals surface area contributed by atoms with E-state index in [9.17, 15) is 13.2 Å². The quantitative estimate of drug-likeness (QED) is 0.785. The van der Waals surface area contributed by atoms with E-state index in [1.807, 2.05) is 0 Å². The molecule has 7 heteroatoms. The lowest BCUT2D eigenvalue weighted by Crippen LogP contribution is -2.33. The molecule has 1 heterocycles. The number of benzene rings is 1. The maximum atomic E-state index is 12.2. The molecule has 0 bridgehead atoms. The third-order valence-corrected chi connectivity index (χ3v) is 5.05. The SMILES string of the molecule is O=CCCN1CCN(c2ccccc2Cl)S1(=O)=O.